The number of methoxy groups -OCH3 is 1. The number of carbonyl (C=O) groups excluding carboxylic acids is 1. The molecule has 0 fully saturated rings. The Bertz CT molecular complexity index is 562. The first-order valence-corrected chi connectivity index (χ1v) is 6.22. The zero-order valence-corrected chi connectivity index (χ0v) is 10.8. The molecule has 0 unspecified atom stereocenters. The summed E-state index contributed by atoms with van der Waals surface area (Å²) in [7, 11) is 1.56. The van der Waals surface area contributed by atoms with E-state index >= 15 is 0 Å². The molecule has 0 atom stereocenters. The molecule has 0 radical (unpaired) electrons. The van der Waals surface area contributed by atoms with Gasteiger partial charge in [0, 0.05) is 18.5 Å². The molecule has 1 aromatic heterocycles. The molecule has 0 spiro atoms. The van der Waals surface area contributed by atoms with Crippen molar-refractivity contribution in [1.82, 2.24) is 5.32 Å². The van der Waals surface area contributed by atoms with Crippen LogP contribution < -0.4 is 10.1 Å². The minimum atomic E-state index is -0.254. The van der Waals surface area contributed by atoms with Crippen LogP contribution in [0.5, 0.6) is 5.75 Å². The van der Waals surface area contributed by atoms with Crippen LogP contribution in [0.3, 0.4) is 0 Å². The van der Waals surface area contributed by atoms with Gasteiger partial charge in [-0.15, -0.1) is 0 Å². The summed E-state index contributed by atoms with van der Waals surface area (Å²) < 4.78 is 10.7. The third kappa shape index (κ3) is 3.06. The second kappa shape index (κ2) is 6.24. The highest BCUT2D eigenvalue weighted by atomic mass is 16.5. The number of aliphatic hydroxyl groups is 1. The normalized spacial score (nSPS) is 10.6. The average Bonchev–Trinajstić information content (AvgIpc) is 2.87. The number of rotatable bonds is 6. The zero-order chi connectivity index (χ0) is 13.7. The molecule has 2 N–H and O–H groups in total. The highest BCUT2D eigenvalue weighted by Crippen LogP contribution is 2.28. The maximum atomic E-state index is 11.9. The summed E-state index contributed by atoms with van der Waals surface area (Å²) in [6.07, 6.45) is 1.42. The molecule has 0 bridgehead atoms. The lowest BCUT2D eigenvalue weighted by atomic mass is 10.2. The first kappa shape index (κ1) is 13.4. The standard InChI is InChI=1S/C14H17NO4/c1-18-11-6-4-5-10-9-12(19-13(10)11)14(17)15-7-2-3-8-16/h4-6,9,16H,2-3,7-8H2,1H3,(H,15,17). The van der Waals surface area contributed by atoms with E-state index in [1.165, 1.54) is 0 Å². The first-order chi connectivity index (χ1) is 9.26. The minimum Gasteiger partial charge on any atom is -0.493 e. The summed E-state index contributed by atoms with van der Waals surface area (Å²) in [6, 6.07) is 7.19. The molecule has 0 saturated heterocycles. The van der Waals surface area contributed by atoms with Gasteiger partial charge < -0.3 is 19.6 Å². The number of para-hydroxylation sites is 1. The number of furan rings is 1. The number of amides is 1. The Morgan fingerprint density at radius 2 is 2.26 bits per heavy atom. The second-order valence-corrected chi connectivity index (χ2v) is 4.18. The highest BCUT2D eigenvalue weighted by Gasteiger charge is 2.14. The van der Waals surface area contributed by atoms with Crippen molar-refractivity contribution >= 4 is 16.9 Å². The van der Waals surface area contributed by atoms with Gasteiger partial charge in [0.2, 0.25) is 0 Å². The molecule has 1 aromatic carbocycles. The second-order valence-electron chi connectivity index (χ2n) is 4.18. The van der Waals surface area contributed by atoms with Crippen LogP contribution in [0.2, 0.25) is 0 Å². The Hall–Kier alpha value is -2.01. The van der Waals surface area contributed by atoms with E-state index in [0.29, 0.717) is 24.3 Å². The van der Waals surface area contributed by atoms with Crippen molar-refractivity contribution in [2.45, 2.75) is 12.8 Å². The molecule has 0 aliphatic rings. The molecule has 2 aromatic rings. The predicted molar refractivity (Wildman–Crippen MR) is 71.4 cm³/mol. The Morgan fingerprint density at radius 3 is 3.00 bits per heavy atom. The topological polar surface area (TPSA) is 71.7 Å². The van der Waals surface area contributed by atoms with Crippen LogP contribution in [0.1, 0.15) is 23.4 Å². The van der Waals surface area contributed by atoms with Crippen molar-refractivity contribution in [1.29, 1.82) is 0 Å². The highest BCUT2D eigenvalue weighted by molar-refractivity contribution is 5.97. The number of fused-ring (bicyclic) bond motifs is 1. The van der Waals surface area contributed by atoms with Gasteiger partial charge in [0.05, 0.1) is 7.11 Å². The van der Waals surface area contributed by atoms with Crippen LogP contribution in [0, 0.1) is 0 Å². The number of hydrogen-bond acceptors (Lipinski definition) is 4. The third-order valence-corrected chi connectivity index (χ3v) is 2.82. The largest absolute Gasteiger partial charge is 0.493 e. The molecule has 0 saturated carbocycles. The summed E-state index contributed by atoms with van der Waals surface area (Å²) in [5.74, 6) is 0.622. The summed E-state index contributed by atoms with van der Waals surface area (Å²) in [5, 5.41) is 12.2. The predicted octanol–water partition coefficient (Wildman–Crippen LogP) is 1.94. The SMILES string of the molecule is COc1cccc2cc(C(=O)NCCCCO)oc12. The molecule has 5 heteroatoms. The van der Waals surface area contributed by atoms with Crippen LogP contribution in [0.4, 0.5) is 0 Å². The van der Waals surface area contributed by atoms with E-state index in [2.05, 4.69) is 5.32 Å². The Kier molecular flexibility index (Phi) is 4.41. The van der Waals surface area contributed by atoms with Crippen molar-refractivity contribution in [2.75, 3.05) is 20.3 Å². The van der Waals surface area contributed by atoms with Crippen LogP contribution in [0.25, 0.3) is 11.0 Å². The van der Waals surface area contributed by atoms with Crippen LogP contribution in [-0.2, 0) is 0 Å². The summed E-state index contributed by atoms with van der Waals surface area (Å²) in [5.41, 5.74) is 0.575. The molecule has 1 amide bonds. The van der Waals surface area contributed by atoms with E-state index in [9.17, 15) is 4.79 Å². The van der Waals surface area contributed by atoms with Gasteiger partial charge in [0.15, 0.2) is 17.1 Å². The van der Waals surface area contributed by atoms with E-state index in [1.807, 2.05) is 12.1 Å². The fourth-order valence-corrected chi connectivity index (χ4v) is 1.83. The van der Waals surface area contributed by atoms with Crippen LogP contribution in [-0.4, -0.2) is 31.3 Å². The van der Waals surface area contributed by atoms with Crippen LogP contribution in [0.15, 0.2) is 28.7 Å². The van der Waals surface area contributed by atoms with E-state index < -0.39 is 0 Å². The van der Waals surface area contributed by atoms with E-state index in [4.69, 9.17) is 14.3 Å². The summed E-state index contributed by atoms with van der Waals surface area (Å²) in [6.45, 7) is 0.658. The lowest BCUT2D eigenvalue weighted by molar-refractivity contribution is 0.0926. The maximum absolute atomic E-state index is 11.9. The van der Waals surface area contributed by atoms with Gasteiger partial charge in [-0.05, 0) is 25.0 Å². The molecule has 1 heterocycles. The van der Waals surface area contributed by atoms with Gasteiger partial charge in [0.25, 0.3) is 5.91 Å². The van der Waals surface area contributed by atoms with Crippen molar-refractivity contribution in [2.24, 2.45) is 0 Å². The lowest BCUT2D eigenvalue weighted by Gasteiger charge is -2.01. The van der Waals surface area contributed by atoms with E-state index in [1.54, 1.807) is 19.2 Å². The smallest absolute Gasteiger partial charge is 0.287 e. The number of carbonyl (C=O) groups is 1. The summed E-state index contributed by atoms with van der Waals surface area (Å²) >= 11 is 0. The molecule has 19 heavy (non-hydrogen) atoms. The third-order valence-electron chi connectivity index (χ3n) is 2.82. The Morgan fingerprint density at radius 1 is 1.42 bits per heavy atom. The molecule has 102 valence electrons. The van der Waals surface area contributed by atoms with Gasteiger partial charge >= 0.3 is 0 Å². The van der Waals surface area contributed by atoms with Gasteiger partial charge in [-0.3, -0.25) is 4.79 Å². The lowest BCUT2D eigenvalue weighted by Crippen LogP contribution is -2.24. The fourth-order valence-electron chi connectivity index (χ4n) is 1.83. The van der Waals surface area contributed by atoms with Gasteiger partial charge in [-0.1, -0.05) is 12.1 Å². The number of unbranched alkanes of at least 4 members (excludes halogenated alkanes) is 1. The first-order valence-electron chi connectivity index (χ1n) is 6.22. The van der Waals surface area contributed by atoms with E-state index in [-0.39, 0.29) is 18.3 Å². The van der Waals surface area contributed by atoms with Crippen molar-refractivity contribution in [3.8, 4) is 5.75 Å². The van der Waals surface area contributed by atoms with E-state index in [0.717, 1.165) is 11.8 Å². The maximum Gasteiger partial charge on any atom is 0.287 e. The monoisotopic (exact) mass is 263 g/mol. The average molecular weight is 263 g/mol. The van der Waals surface area contributed by atoms with Crippen molar-refractivity contribution in [3.05, 3.63) is 30.0 Å². The summed E-state index contributed by atoms with van der Waals surface area (Å²) in [4.78, 5) is 11.9. The molecule has 5 nitrogen and oxygen atoms in total. The van der Waals surface area contributed by atoms with Gasteiger partial charge in [-0.25, -0.2) is 0 Å². The fraction of sp³-hybridized carbons (Fsp3) is 0.357. The molecule has 0 aliphatic heterocycles. The number of aliphatic hydroxyl groups excluding tert-OH is 1. The number of hydrogen-bond donors (Lipinski definition) is 2. The molecular weight excluding hydrogens is 246 g/mol. The van der Waals surface area contributed by atoms with Crippen molar-refractivity contribution in [3.63, 3.8) is 0 Å². The molecule has 2 rings (SSSR count). The number of nitrogens with one attached hydrogen (secondary N) is 1. The Balaban J connectivity index is 2.10. The molecular formula is C14H17NO4. The van der Waals surface area contributed by atoms with Crippen LogP contribution >= 0.6 is 0 Å². The minimum absolute atomic E-state index is 0.137. The zero-order valence-electron chi connectivity index (χ0n) is 10.8. The molecule has 0 aliphatic carbocycles. The van der Waals surface area contributed by atoms with Crippen molar-refractivity contribution < 1.29 is 19.1 Å². The van der Waals surface area contributed by atoms with Gasteiger partial charge in [-0.2, -0.15) is 0 Å². The number of ether oxygens (including phenoxy) is 1. The number of benzene rings is 1. The quantitative estimate of drug-likeness (QED) is 0.781. The Labute approximate surface area is 111 Å². The van der Waals surface area contributed by atoms with Gasteiger partial charge in [0.1, 0.15) is 0 Å².